The van der Waals surface area contributed by atoms with Gasteiger partial charge in [-0.2, -0.15) is 0 Å². The van der Waals surface area contributed by atoms with Gasteiger partial charge in [0, 0.05) is 12.0 Å². The van der Waals surface area contributed by atoms with Crippen molar-refractivity contribution in [2.45, 2.75) is 38.3 Å². The van der Waals surface area contributed by atoms with Gasteiger partial charge in [0.05, 0.1) is 0 Å². The van der Waals surface area contributed by atoms with Gasteiger partial charge < -0.3 is 15.2 Å². The summed E-state index contributed by atoms with van der Waals surface area (Å²) in [5.41, 5.74) is 0.259. The fraction of sp³-hybridized carbons (Fsp3) is 0.583. The first-order chi connectivity index (χ1) is 9.11. The van der Waals surface area contributed by atoms with E-state index in [9.17, 15) is 9.59 Å². The fourth-order valence-corrected chi connectivity index (χ4v) is 2.76. The van der Waals surface area contributed by atoms with E-state index in [-0.39, 0.29) is 11.8 Å². The second-order valence-corrected chi connectivity index (χ2v) is 5.23. The molecule has 1 fully saturated rings. The molecule has 1 aliphatic heterocycles. The van der Waals surface area contributed by atoms with Crippen molar-refractivity contribution in [3.8, 4) is 0 Å². The van der Waals surface area contributed by atoms with E-state index >= 15 is 0 Å². The quantitative estimate of drug-likeness (QED) is 0.857. The number of carboxylic acids is 1. The Bertz CT molecular complexity index is 468. The van der Waals surface area contributed by atoms with Gasteiger partial charge in [-0.05, 0) is 19.3 Å². The molecule has 2 N–H and O–H groups in total. The first-order valence-electron chi connectivity index (χ1n) is 6.22. The number of carboxylic acid groups (broad SMARTS) is 1. The van der Waals surface area contributed by atoms with Crippen LogP contribution in [0.25, 0.3) is 0 Å². The highest BCUT2D eigenvalue weighted by atomic mass is 32.1. The lowest BCUT2D eigenvalue weighted by atomic mass is 10.2. The molecule has 2 atom stereocenters. The average Bonchev–Trinajstić information content (AvgIpc) is 3.04. The minimum atomic E-state index is -1.04. The summed E-state index contributed by atoms with van der Waals surface area (Å²) >= 11 is 1.37. The molecule has 0 aromatic carbocycles. The van der Waals surface area contributed by atoms with Gasteiger partial charge in [0.25, 0.3) is 5.91 Å². The minimum absolute atomic E-state index is 0.0204. The van der Waals surface area contributed by atoms with Crippen LogP contribution in [0.2, 0.25) is 0 Å². The molecular formula is C12H16N2O4S. The number of ether oxygens (including phenoxy) is 1. The number of carbonyl (C=O) groups excluding carboxylic acids is 1. The molecule has 104 valence electrons. The van der Waals surface area contributed by atoms with Crippen LogP contribution >= 0.6 is 11.3 Å². The van der Waals surface area contributed by atoms with Gasteiger partial charge in [-0.1, -0.05) is 6.92 Å². The Morgan fingerprint density at radius 3 is 3.05 bits per heavy atom. The topological polar surface area (TPSA) is 88.5 Å². The van der Waals surface area contributed by atoms with E-state index in [4.69, 9.17) is 9.84 Å². The molecule has 1 amide bonds. The second kappa shape index (κ2) is 6.12. The monoisotopic (exact) mass is 284 g/mol. The van der Waals surface area contributed by atoms with Crippen LogP contribution in [0, 0.1) is 0 Å². The van der Waals surface area contributed by atoms with Crippen LogP contribution in [0.5, 0.6) is 0 Å². The largest absolute Gasteiger partial charge is 0.480 e. The molecule has 0 saturated carbocycles. The first kappa shape index (κ1) is 14.0. The zero-order chi connectivity index (χ0) is 13.8. The van der Waals surface area contributed by atoms with Crippen molar-refractivity contribution in [3.05, 3.63) is 16.1 Å². The summed E-state index contributed by atoms with van der Waals surface area (Å²) in [4.78, 5) is 27.0. The van der Waals surface area contributed by atoms with Gasteiger partial charge in [-0.15, -0.1) is 11.3 Å². The van der Waals surface area contributed by atoms with Gasteiger partial charge in [0.1, 0.15) is 22.8 Å². The van der Waals surface area contributed by atoms with E-state index in [1.165, 1.54) is 11.3 Å². The van der Waals surface area contributed by atoms with Crippen molar-refractivity contribution in [3.63, 3.8) is 0 Å². The smallest absolute Gasteiger partial charge is 0.326 e. The summed E-state index contributed by atoms with van der Waals surface area (Å²) < 4.78 is 5.49. The Labute approximate surface area is 114 Å². The molecule has 1 saturated heterocycles. The minimum Gasteiger partial charge on any atom is -0.480 e. The van der Waals surface area contributed by atoms with Crippen molar-refractivity contribution in [2.75, 3.05) is 6.61 Å². The number of hydrogen-bond acceptors (Lipinski definition) is 5. The van der Waals surface area contributed by atoms with Crippen molar-refractivity contribution >= 4 is 23.2 Å². The number of nitrogens with one attached hydrogen (secondary N) is 1. The highest BCUT2D eigenvalue weighted by Gasteiger charge is 2.24. The lowest BCUT2D eigenvalue weighted by Gasteiger charge is -2.10. The van der Waals surface area contributed by atoms with E-state index in [1.807, 2.05) is 0 Å². The molecule has 1 aliphatic rings. The SMILES string of the molecule is CCC(NC(=O)c1csc(C2CCCO2)n1)C(=O)O. The zero-order valence-electron chi connectivity index (χ0n) is 10.6. The van der Waals surface area contributed by atoms with Crippen LogP contribution in [0.1, 0.15) is 47.8 Å². The Balaban J connectivity index is 2.01. The van der Waals surface area contributed by atoms with Crippen LogP contribution in [-0.2, 0) is 9.53 Å². The number of nitrogens with zero attached hydrogens (tertiary/aromatic N) is 1. The molecule has 7 heteroatoms. The van der Waals surface area contributed by atoms with E-state index in [0.717, 1.165) is 24.5 Å². The Hall–Kier alpha value is -1.47. The standard InChI is InChI=1S/C12H16N2O4S/c1-2-7(12(16)17)13-10(15)8-6-19-11(14-8)9-4-3-5-18-9/h6-7,9H,2-5H2,1H3,(H,13,15)(H,16,17). The average molecular weight is 284 g/mol. The van der Waals surface area contributed by atoms with E-state index in [0.29, 0.717) is 6.42 Å². The van der Waals surface area contributed by atoms with E-state index in [1.54, 1.807) is 12.3 Å². The summed E-state index contributed by atoms with van der Waals surface area (Å²) in [6, 6.07) is -0.875. The van der Waals surface area contributed by atoms with E-state index < -0.39 is 17.9 Å². The van der Waals surface area contributed by atoms with Crippen molar-refractivity contribution in [1.29, 1.82) is 0 Å². The third kappa shape index (κ3) is 3.30. The third-order valence-corrected chi connectivity index (χ3v) is 3.91. The lowest BCUT2D eigenvalue weighted by molar-refractivity contribution is -0.139. The maximum Gasteiger partial charge on any atom is 0.326 e. The number of amides is 1. The molecule has 19 heavy (non-hydrogen) atoms. The van der Waals surface area contributed by atoms with Gasteiger partial charge in [0.2, 0.25) is 0 Å². The fourth-order valence-electron chi connectivity index (χ4n) is 1.88. The van der Waals surface area contributed by atoms with Gasteiger partial charge >= 0.3 is 5.97 Å². The normalized spacial score (nSPS) is 20.2. The predicted molar refractivity (Wildman–Crippen MR) is 69.2 cm³/mol. The molecule has 0 spiro atoms. The van der Waals surface area contributed by atoms with Crippen LogP contribution in [0.4, 0.5) is 0 Å². The number of hydrogen-bond donors (Lipinski definition) is 2. The van der Waals surface area contributed by atoms with Crippen LogP contribution in [-0.4, -0.2) is 34.6 Å². The van der Waals surface area contributed by atoms with Crippen LogP contribution < -0.4 is 5.32 Å². The molecule has 2 heterocycles. The Morgan fingerprint density at radius 1 is 1.68 bits per heavy atom. The first-order valence-corrected chi connectivity index (χ1v) is 7.10. The molecule has 0 aliphatic carbocycles. The van der Waals surface area contributed by atoms with Crippen molar-refractivity contribution in [2.24, 2.45) is 0 Å². The number of rotatable bonds is 5. The van der Waals surface area contributed by atoms with Crippen molar-refractivity contribution in [1.82, 2.24) is 10.3 Å². The molecule has 6 nitrogen and oxygen atoms in total. The van der Waals surface area contributed by atoms with Crippen LogP contribution in [0.15, 0.2) is 5.38 Å². The van der Waals surface area contributed by atoms with Crippen molar-refractivity contribution < 1.29 is 19.4 Å². The second-order valence-electron chi connectivity index (χ2n) is 4.35. The maximum absolute atomic E-state index is 11.9. The summed E-state index contributed by atoms with van der Waals surface area (Å²) in [6.45, 7) is 2.43. The summed E-state index contributed by atoms with van der Waals surface area (Å²) in [6.07, 6.45) is 2.24. The van der Waals surface area contributed by atoms with Gasteiger partial charge in [-0.3, -0.25) is 4.79 Å². The predicted octanol–water partition coefficient (Wildman–Crippen LogP) is 1.59. The highest BCUT2D eigenvalue weighted by molar-refractivity contribution is 7.09. The van der Waals surface area contributed by atoms with Gasteiger partial charge in [0.15, 0.2) is 0 Å². The summed E-state index contributed by atoms with van der Waals surface area (Å²) in [5, 5.41) is 13.8. The molecule has 1 aromatic rings. The molecule has 0 bridgehead atoms. The highest BCUT2D eigenvalue weighted by Crippen LogP contribution is 2.30. The van der Waals surface area contributed by atoms with Crippen LogP contribution in [0.3, 0.4) is 0 Å². The summed E-state index contributed by atoms with van der Waals surface area (Å²) in [7, 11) is 0. The van der Waals surface area contributed by atoms with Gasteiger partial charge in [-0.25, -0.2) is 9.78 Å². The summed E-state index contributed by atoms with van der Waals surface area (Å²) in [5.74, 6) is -1.49. The zero-order valence-corrected chi connectivity index (χ0v) is 11.4. The number of aromatic nitrogens is 1. The molecule has 1 aromatic heterocycles. The van der Waals surface area contributed by atoms with E-state index in [2.05, 4.69) is 10.3 Å². The molecule has 2 unspecified atom stereocenters. The third-order valence-electron chi connectivity index (χ3n) is 2.97. The molecule has 2 rings (SSSR count). The molecular weight excluding hydrogens is 268 g/mol. The molecule has 0 radical (unpaired) electrons. The Morgan fingerprint density at radius 2 is 2.47 bits per heavy atom. The number of carbonyl (C=O) groups is 2. The Kier molecular flexibility index (Phi) is 4.49. The maximum atomic E-state index is 11.9. The number of aliphatic carboxylic acids is 1. The lowest BCUT2D eigenvalue weighted by Crippen LogP contribution is -2.40. The number of thiazole rings is 1.